The lowest BCUT2D eigenvalue weighted by Crippen LogP contribution is -2.50. The molecule has 6 nitrogen and oxygen atoms in total. The van der Waals surface area contributed by atoms with E-state index in [1.807, 2.05) is 0 Å². The van der Waals surface area contributed by atoms with Gasteiger partial charge in [0.05, 0.1) is 7.11 Å². The van der Waals surface area contributed by atoms with E-state index in [2.05, 4.69) is 10.6 Å². The Morgan fingerprint density at radius 1 is 1.33 bits per heavy atom. The van der Waals surface area contributed by atoms with Crippen LogP contribution in [0.2, 0.25) is 0 Å². The highest BCUT2D eigenvalue weighted by molar-refractivity contribution is 5.92. The molecule has 2 amide bonds. The van der Waals surface area contributed by atoms with Crippen LogP contribution in [0, 0.1) is 11.2 Å². The molecule has 1 aromatic carbocycles. The third kappa shape index (κ3) is 4.62. The zero-order valence-electron chi connectivity index (χ0n) is 12.4. The Morgan fingerprint density at radius 2 is 1.95 bits per heavy atom. The van der Waals surface area contributed by atoms with Crippen molar-refractivity contribution in [3.8, 4) is 5.75 Å². The van der Waals surface area contributed by atoms with Crippen molar-refractivity contribution in [2.24, 2.45) is 5.41 Å². The van der Waals surface area contributed by atoms with E-state index in [9.17, 15) is 14.0 Å². The second-order valence-electron chi connectivity index (χ2n) is 5.59. The van der Waals surface area contributed by atoms with Gasteiger partial charge in [0.1, 0.15) is 6.04 Å². The Balaban J connectivity index is 2.79. The predicted molar refractivity (Wildman–Crippen MR) is 76.0 cm³/mol. The van der Waals surface area contributed by atoms with Gasteiger partial charge in [0.25, 0.3) is 0 Å². The Labute approximate surface area is 122 Å². The van der Waals surface area contributed by atoms with E-state index in [1.54, 1.807) is 20.8 Å². The molecule has 0 aliphatic carbocycles. The van der Waals surface area contributed by atoms with Gasteiger partial charge in [0, 0.05) is 11.8 Å². The molecule has 0 fully saturated rings. The maximum absolute atomic E-state index is 13.2. The van der Waals surface area contributed by atoms with Crippen molar-refractivity contribution in [2.45, 2.75) is 26.8 Å². The topological polar surface area (TPSA) is 87.7 Å². The first-order valence-corrected chi connectivity index (χ1v) is 6.29. The molecule has 0 spiro atoms. The number of carbonyl (C=O) groups excluding carboxylic acids is 1. The number of halogens is 1. The van der Waals surface area contributed by atoms with Crippen LogP contribution < -0.4 is 15.4 Å². The summed E-state index contributed by atoms with van der Waals surface area (Å²) in [5.74, 6) is -1.70. The summed E-state index contributed by atoms with van der Waals surface area (Å²) in [7, 11) is 1.31. The maximum Gasteiger partial charge on any atom is 0.326 e. The van der Waals surface area contributed by atoms with Crippen molar-refractivity contribution in [2.75, 3.05) is 12.4 Å². The lowest BCUT2D eigenvalue weighted by atomic mass is 9.87. The number of hydrogen-bond acceptors (Lipinski definition) is 3. The first-order valence-electron chi connectivity index (χ1n) is 6.29. The van der Waals surface area contributed by atoms with Crippen molar-refractivity contribution in [1.82, 2.24) is 5.32 Å². The van der Waals surface area contributed by atoms with Crippen LogP contribution in [0.3, 0.4) is 0 Å². The Bertz CT molecular complexity index is 540. The van der Waals surface area contributed by atoms with Crippen molar-refractivity contribution in [3.63, 3.8) is 0 Å². The lowest BCUT2D eigenvalue weighted by molar-refractivity contribution is -0.141. The summed E-state index contributed by atoms with van der Waals surface area (Å²) in [5, 5.41) is 13.9. The van der Waals surface area contributed by atoms with Crippen LogP contribution in [-0.4, -0.2) is 30.3 Å². The van der Waals surface area contributed by atoms with Gasteiger partial charge >= 0.3 is 12.0 Å². The molecule has 116 valence electrons. The van der Waals surface area contributed by atoms with E-state index >= 15 is 0 Å². The molecule has 1 aromatic rings. The Morgan fingerprint density at radius 3 is 2.43 bits per heavy atom. The van der Waals surface area contributed by atoms with Crippen LogP contribution in [0.25, 0.3) is 0 Å². The SMILES string of the molecule is COc1cc(NC(=O)NC(C(=O)O)C(C)(C)C)ccc1F. The molecule has 1 unspecified atom stereocenters. The molecular weight excluding hydrogens is 279 g/mol. The van der Waals surface area contributed by atoms with Gasteiger partial charge in [-0.05, 0) is 17.5 Å². The minimum absolute atomic E-state index is 0.0154. The first kappa shape index (κ1) is 16.7. The van der Waals surface area contributed by atoms with Crippen molar-refractivity contribution in [1.29, 1.82) is 0 Å². The van der Waals surface area contributed by atoms with Crippen molar-refractivity contribution < 1.29 is 23.8 Å². The minimum Gasteiger partial charge on any atom is -0.494 e. The summed E-state index contributed by atoms with van der Waals surface area (Å²) >= 11 is 0. The van der Waals surface area contributed by atoms with E-state index < -0.39 is 29.3 Å². The molecule has 1 rings (SSSR count). The van der Waals surface area contributed by atoms with Crippen LogP contribution in [0.4, 0.5) is 14.9 Å². The second-order valence-corrected chi connectivity index (χ2v) is 5.59. The number of methoxy groups -OCH3 is 1. The molecule has 21 heavy (non-hydrogen) atoms. The summed E-state index contributed by atoms with van der Waals surface area (Å²) in [6.45, 7) is 5.10. The maximum atomic E-state index is 13.2. The summed E-state index contributed by atoms with van der Waals surface area (Å²) in [4.78, 5) is 23.0. The highest BCUT2D eigenvalue weighted by Crippen LogP contribution is 2.22. The minimum atomic E-state index is -1.13. The standard InChI is InChI=1S/C14H19FN2O4/c1-14(2,3)11(12(18)19)17-13(20)16-8-5-6-9(15)10(7-8)21-4/h5-7,11H,1-4H3,(H,18,19)(H2,16,17,20). The van der Waals surface area contributed by atoms with Crippen LogP contribution >= 0.6 is 0 Å². The molecule has 0 aromatic heterocycles. The lowest BCUT2D eigenvalue weighted by Gasteiger charge is -2.27. The molecule has 0 aliphatic heterocycles. The molecule has 0 heterocycles. The molecule has 0 radical (unpaired) electrons. The molecule has 3 N–H and O–H groups in total. The Kier molecular flexibility index (Phi) is 5.12. The number of nitrogens with one attached hydrogen (secondary N) is 2. The fourth-order valence-corrected chi connectivity index (χ4v) is 1.68. The smallest absolute Gasteiger partial charge is 0.326 e. The van der Waals surface area contributed by atoms with E-state index in [0.717, 1.165) is 6.07 Å². The normalized spacial score (nSPS) is 12.4. The summed E-state index contributed by atoms with van der Waals surface area (Å²) in [6, 6.07) is 2.06. The van der Waals surface area contributed by atoms with E-state index in [-0.39, 0.29) is 5.75 Å². The van der Waals surface area contributed by atoms with Gasteiger partial charge in [0.15, 0.2) is 11.6 Å². The number of aliphatic carboxylic acids is 1. The highest BCUT2D eigenvalue weighted by atomic mass is 19.1. The number of hydrogen-bond donors (Lipinski definition) is 3. The van der Waals surface area contributed by atoms with Gasteiger partial charge in [-0.1, -0.05) is 20.8 Å². The predicted octanol–water partition coefficient (Wildman–Crippen LogP) is 2.46. The van der Waals surface area contributed by atoms with Crippen LogP contribution in [0.5, 0.6) is 5.75 Å². The number of amides is 2. The number of ether oxygens (including phenoxy) is 1. The van der Waals surface area contributed by atoms with Gasteiger partial charge < -0.3 is 20.5 Å². The third-order valence-corrected chi connectivity index (χ3v) is 2.80. The average Bonchev–Trinajstić information content (AvgIpc) is 2.36. The number of carboxylic acid groups (broad SMARTS) is 1. The number of rotatable bonds is 4. The van der Waals surface area contributed by atoms with E-state index in [4.69, 9.17) is 9.84 Å². The first-order chi connectivity index (χ1) is 9.65. The summed E-state index contributed by atoms with van der Waals surface area (Å²) in [6.07, 6.45) is 0. The molecule has 0 bridgehead atoms. The number of benzene rings is 1. The average molecular weight is 298 g/mol. The highest BCUT2D eigenvalue weighted by Gasteiger charge is 2.32. The molecule has 7 heteroatoms. The van der Waals surface area contributed by atoms with Crippen molar-refractivity contribution >= 4 is 17.7 Å². The number of carboxylic acids is 1. The van der Waals surface area contributed by atoms with Gasteiger partial charge in [-0.3, -0.25) is 0 Å². The fourth-order valence-electron chi connectivity index (χ4n) is 1.68. The summed E-state index contributed by atoms with van der Waals surface area (Å²) < 4.78 is 18.0. The zero-order chi connectivity index (χ0) is 16.2. The van der Waals surface area contributed by atoms with Gasteiger partial charge in [-0.15, -0.1) is 0 Å². The monoisotopic (exact) mass is 298 g/mol. The fraction of sp³-hybridized carbons (Fsp3) is 0.429. The molecule has 0 saturated heterocycles. The van der Waals surface area contributed by atoms with Crippen LogP contribution in [0.15, 0.2) is 18.2 Å². The van der Waals surface area contributed by atoms with E-state index in [1.165, 1.54) is 19.2 Å². The molecule has 0 aliphatic rings. The Hall–Kier alpha value is -2.31. The zero-order valence-corrected chi connectivity index (χ0v) is 12.4. The van der Waals surface area contributed by atoms with Crippen molar-refractivity contribution in [3.05, 3.63) is 24.0 Å². The second kappa shape index (κ2) is 6.43. The van der Waals surface area contributed by atoms with Gasteiger partial charge in [0.2, 0.25) is 0 Å². The third-order valence-electron chi connectivity index (χ3n) is 2.80. The van der Waals surface area contributed by atoms with Gasteiger partial charge in [-0.25, -0.2) is 14.0 Å². The quantitative estimate of drug-likeness (QED) is 0.796. The molecule has 1 atom stereocenters. The molecular formula is C14H19FN2O4. The van der Waals surface area contributed by atoms with Gasteiger partial charge in [-0.2, -0.15) is 0 Å². The van der Waals surface area contributed by atoms with Crippen LogP contribution in [-0.2, 0) is 4.79 Å². The molecule has 0 saturated carbocycles. The summed E-state index contributed by atoms with van der Waals surface area (Å²) in [5.41, 5.74) is -0.354. The van der Waals surface area contributed by atoms with E-state index in [0.29, 0.717) is 5.69 Å². The number of urea groups is 1. The number of carbonyl (C=O) groups is 2. The largest absolute Gasteiger partial charge is 0.494 e. The number of anilines is 1. The van der Waals surface area contributed by atoms with Crippen LogP contribution in [0.1, 0.15) is 20.8 Å².